The third kappa shape index (κ3) is 3.20. The largest absolute Gasteiger partial charge is 0.480 e. The first-order valence-electron chi connectivity index (χ1n) is 6.12. The van der Waals surface area contributed by atoms with Crippen molar-refractivity contribution in [2.24, 2.45) is 0 Å². The zero-order chi connectivity index (χ0) is 11.3. The van der Waals surface area contributed by atoms with Crippen molar-refractivity contribution in [3.8, 4) is 0 Å². The summed E-state index contributed by atoms with van der Waals surface area (Å²) in [6.45, 7) is 4.15. The number of carbonyl (C=O) groups is 1. The molecular formula is C12H23NO2. The van der Waals surface area contributed by atoms with Crippen LogP contribution in [0.3, 0.4) is 0 Å². The molecule has 0 aromatic rings. The summed E-state index contributed by atoms with van der Waals surface area (Å²) in [5, 5.41) is 12.7. The van der Waals surface area contributed by atoms with Crippen LogP contribution in [0.25, 0.3) is 0 Å². The standard InChI is InChI=1S/C12H23NO2/c1-3-10(2)13-12(11(14)15)8-6-4-5-7-9-12/h10,13H,3-9H2,1-2H3,(H,14,15). The van der Waals surface area contributed by atoms with Crippen molar-refractivity contribution >= 4 is 5.97 Å². The van der Waals surface area contributed by atoms with E-state index in [0.29, 0.717) is 6.04 Å². The number of carboxylic acid groups (broad SMARTS) is 1. The number of nitrogens with one attached hydrogen (secondary N) is 1. The number of aliphatic carboxylic acids is 1. The minimum atomic E-state index is -0.662. The zero-order valence-electron chi connectivity index (χ0n) is 9.88. The second kappa shape index (κ2) is 5.50. The van der Waals surface area contributed by atoms with E-state index >= 15 is 0 Å². The number of hydrogen-bond donors (Lipinski definition) is 2. The lowest BCUT2D eigenvalue weighted by molar-refractivity contribution is -0.146. The predicted octanol–water partition coefficient (Wildman–Crippen LogP) is 2.55. The van der Waals surface area contributed by atoms with Gasteiger partial charge in [-0.2, -0.15) is 0 Å². The van der Waals surface area contributed by atoms with Gasteiger partial charge in [0.1, 0.15) is 5.54 Å². The van der Waals surface area contributed by atoms with Gasteiger partial charge in [-0.25, -0.2) is 0 Å². The summed E-state index contributed by atoms with van der Waals surface area (Å²) in [5.74, 6) is -0.662. The van der Waals surface area contributed by atoms with Crippen LogP contribution in [-0.2, 0) is 4.79 Å². The van der Waals surface area contributed by atoms with Crippen LogP contribution in [-0.4, -0.2) is 22.7 Å². The lowest BCUT2D eigenvalue weighted by Gasteiger charge is -2.32. The molecule has 0 radical (unpaired) electrons. The molecule has 0 spiro atoms. The monoisotopic (exact) mass is 213 g/mol. The highest BCUT2D eigenvalue weighted by Gasteiger charge is 2.38. The number of rotatable bonds is 4. The summed E-state index contributed by atoms with van der Waals surface area (Å²) >= 11 is 0. The van der Waals surface area contributed by atoms with E-state index < -0.39 is 11.5 Å². The SMILES string of the molecule is CCC(C)NC1(C(=O)O)CCCCCC1. The Balaban J connectivity index is 2.71. The molecule has 0 heterocycles. The second-order valence-electron chi connectivity index (χ2n) is 4.76. The normalized spacial score (nSPS) is 23.1. The maximum atomic E-state index is 11.4. The zero-order valence-corrected chi connectivity index (χ0v) is 9.88. The van der Waals surface area contributed by atoms with Crippen molar-refractivity contribution in [2.75, 3.05) is 0 Å². The van der Waals surface area contributed by atoms with E-state index in [9.17, 15) is 9.90 Å². The first-order chi connectivity index (χ1) is 7.10. The Kier molecular flexibility index (Phi) is 4.58. The first-order valence-corrected chi connectivity index (χ1v) is 6.12. The third-order valence-corrected chi connectivity index (χ3v) is 3.50. The van der Waals surface area contributed by atoms with Crippen molar-refractivity contribution in [3.63, 3.8) is 0 Å². The molecule has 1 rings (SSSR count). The van der Waals surface area contributed by atoms with Crippen molar-refractivity contribution in [2.45, 2.75) is 70.4 Å². The van der Waals surface area contributed by atoms with Gasteiger partial charge in [0.15, 0.2) is 0 Å². The quantitative estimate of drug-likeness (QED) is 0.706. The fourth-order valence-electron chi connectivity index (χ4n) is 2.33. The van der Waals surface area contributed by atoms with Gasteiger partial charge in [-0.15, -0.1) is 0 Å². The minimum Gasteiger partial charge on any atom is -0.480 e. The molecule has 3 nitrogen and oxygen atoms in total. The van der Waals surface area contributed by atoms with Crippen molar-refractivity contribution in [1.29, 1.82) is 0 Å². The molecule has 3 heteroatoms. The van der Waals surface area contributed by atoms with E-state index in [4.69, 9.17) is 0 Å². The first kappa shape index (κ1) is 12.5. The second-order valence-corrected chi connectivity index (χ2v) is 4.76. The van der Waals surface area contributed by atoms with E-state index in [1.807, 2.05) is 0 Å². The predicted molar refractivity (Wildman–Crippen MR) is 61.0 cm³/mol. The molecule has 1 fully saturated rings. The van der Waals surface area contributed by atoms with Gasteiger partial charge >= 0.3 is 5.97 Å². The fourth-order valence-corrected chi connectivity index (χ4v) is 2.33. The maximum absolute atomic E-state index is 11.4. The van der Waals surface area contributed by atoms with Crippen LogP contribution < -0.4 is 5.32 Å². The number of carboxylic acids is 1. The van der Waals surface area contributed by atoms with E-state index in [1.54, 1.807) is 0 Å². The summed E-state index contributed by atoms with van der Waals surface area (Å²) < 4.78 is 0. The van der Waals surface area contributed by atoms with E-state index in [2.05, 4.69) is 19.2 Å². The Morgan fingerprint density at radius 1 is 1.33 bits per heavy atom. The Hall–Kier alpha value is -0.570. The molecular weight excluding hydrogens is 190 g/mol. The summed E-state index contributed by atoms with van der Waals surface area (Å²) in [6, 6.07) is 0.291. The third-order valence-electron chi connectivity index (χ3n) is 3.50. The van der Waals surface area contributed by atoms with Crippen molar-refractivity contribution in [3.05, 3.63) is 0 Å². The highest BCUT2D eigenvalue weighted by molar-refractivity contribution is 5.78. The maximum Gasteiger partial charge on any atom is 0.323 e. The molecule has 0 aromatic carbocycles. The Labute approximate surface area is 92.3 Å². The average molecular weight is 213 g/mol. The topological polar surface area (TPSA) is 49.3 Å². The van der Waals surface area contributed by atoms with Crippen LogP contribution >= 0.6 is 0 Å². The lowest BCUT2D eigenvalue weighted by Crippen LogP contribution is -2.54. The van der Waals surface area contributed by atoms with Gasteiger partial charge in [-0.05, 0) is 26.2 Å². The summed E-state index contributed by atoms with van der Waals surface area (Å²) in [5.41, 5.74) is -0.647. The van der Waals surface area contributed by atoms with Gasteiger partial charge in [-0.3, -0.25) is 10.1 Å². The lowest BCUT2D eigenvalue weighted by atomic mass is 9.89. The van der Waals surface area contributed by atoms with Crippen molar-refractivity contribution < 1.29 is 9.90 Å². The molecule has 1 aliphatic carbocycles. The van der Waals surface area contributed by atoms with Gasteiger partial charge in [0.05, 0.1) is 0 Å². The molecule has 0 amide bonds. The van der Waals surface area contributed by atoms with Crippen LogP contribution in [0.4, 0.5) is 0 Å². The molecule has 1 aliphatic rings. The van der Waals surface area contributed by atoms with Gasteiger partial charge in [0, 0.05) is 6.04 Å². The van der Waals surface area contributed by atoms with E-state index in [0.717, 1.165) is 32.1 Å². The van der Waals surface area contributed by atoms with Gasteiger partial charge in [0.2, 0.25) is 0 Å². The molecule has 88 valence electrons. The van der Waals surface area contributed by atoms with Crippen LogP contribution in [0.2, 0.25) is 0 Å². The molecule has 0 saturated heterocycles. The Morgan fingerprint density at radius 3 is 2.27 bits per heavy atom. The van der Waals surface area contributed by atoms with Gasteiger partial charge in [-0.1, -0.05) is 32.6 Å². The van der Waals surface area contributed by atoms with Crippen LogP contribution in [0.1, 0.15) is 58.8 Å². The van der Waals surface area contributed by atoms with Gasteiger partial charge < -0.3 is 5.11 Å². The van der Waals surface area contributed by atoms with Crippen molar-refractivity contribution in [1.82, 2.24) is 5.32 Å². The highest BCUT2D eigenvalue weighted by Crippen LogP contribution is 2.28. The van der Waals surface area contributed by atoms with Crippen LogP contribution in [0.15, 0.2) is 0 Å². The minimum absolute atomic E-state index is 0.291. The Morgan fingerprint density at radius 2 is 1.87 bits per heavy atom. The fraction of sp³-hybridized carbons (Fsp3) is 0.917. The van der Waals surface area contributed by atoms with Crippen LogP contribution in [0, 0.1) is 0 Å². The summed E-state index contributed by atoms with van der Waals surface area (Å²) in [7, 11) is 0. The highest BCUT2D eigenvalue weighted by atomic mass is 16.4. The number of hydrogen-bond acceptors (Lipinski definition) is 2. The smallest absolute Gasteiger partial charge is 0.323 e. The van der Waals surface area contributed by atoms with Crippen LogP contribution in [0.5, 0.6) is 0 Å². The molecule has 0 aromatic heterocycles. The van der Waals surface area contributed by atoms with E-state index in [1.165, 1.54) is 12.8 Å². The molecule has 1 unspecified atom stereocenters. The summed E-state index contributed by atoms with van der Waals surface area (Å²) in [6.07, 6.45) is 6.98. The molecule has 0 bridgehead atoms. The Bertz CT molecular complexity index is 208. The summed E-state index contributed by atoms with van der Waals surface area (Å²) in [4.78, 5) is 11.4. The molecule has 2 N–H and O–H groups in total. The van der Waals surface area contributed by atoms with E-state index in [-0.39, 0.29) is 0 Å². The van der Waals surface area contributed by atoms with Gasteiger partial charge in [0.25, 0.3) is 0 Å². The molecule has 1 atom stereocenters. The molecule has 15 heavy (non-hydrogen) atoms. The molecule has 0 aliphatic heterocycles. The average Bonchev–Trinajstić information content (AvgIpc) is 2.44. The molecule has 1 saturated carbocycles.